The van der Waals surface area contributed by atoms with Crippen molar-refractivity contribution in [1.29, 1.82) is 0 Å². The number of benzene rings is 2. The van der Waals surface area contributed by atoms with Gasteiger partial charge in [-0.15, -0.1) is 0 Å². The van der Waals surface area contributed by atoms with Gasteiger partial charge in [-0.1, -0.05) is 36.4 Å². The minimum absolute atomic E-state index is 0.0700. The molecule has 0 bridgehead atoms. The van der Waals surface area contributed by atoms with Gasteiger partial charge in [-0.2, -0.15) is 0 Å². The van der Waals surface area contributed by atoms with Gasteiger partial charge in [0.2, 0.25) is 0 Å². The zero-order valence-corrected chi connectivity index (χ0v) is 22.3. The van der Waals surface area contributed by atoms with E-state index in [1.165, 1.54) is 6.07 Å². The zero-order chi connectivity index (χ0) is 26.3. The summed E-state index contributed by atoms with van der Waals surface area (Å²) in [4.78, 5) is 15.1. The average molecular weight is 512 g/mol. The molecule has 0 spiro atoms. The Hall–Kier alpha value is -2.48. The lowest BCUT2D eigenvalue weighted by Gasteiger charge is -2.44. The van der Waals surface area contributed by atoms with Crippen LogP contribution in [0.5, 0.6) is 0 Å². The largest absolute Gasteiger partial charge is 0.385 e. The number of piperidine rings is 2. The first-order chi connectivity index (χ1) is 17.9. The molecule has 202 valence electrons. The minimum Gasteiger partial charge on any atom is -0.385 e. The first-order valence-corrected chi connectivity index (χ1v) is 13.8. The predicted molar refractivity (Wildman–Crippen MR) is 145 cm³/mol. The van der Waals surface area contributed by atoms with Crippen LogP contribution in [0.1, 0.15) is 56.1 Å². The number of methoxy groups -OCH3 is 1. The van der Waals surface area contributed by atoms with Gasteiger partial charge in [0.25, 0.3) is 0 Å². The van der Waals surface area contributed by atoms with Gasteiger partial charge in [0.1, 0.15) is 5.82 Å². The van der Waals surface area contributed by atoms with Crippen LogP contribution in [-0.2, 0) is 10.3 Å². The van der Waals surface area contributed by atoms with Crippen molar-refractivity contribution in [3.05, 3.63) is 59.4 Å². The lowest BCUT2D eigenvalue weighted by Crippen LogP contribution is -2.54. The third-order valence-electron chi connectivity index (χ3n) is 8.02. The number of aliphatic hydroxyl groups is 1. The second-order valence-electron chi connectivity index (χ2n) is 10.6. The number of likely N-dealkylation sites (tertiary alicyclic amines) is 1. The van der Waals surface area contributed by atoms with Crippen molar-refractivity contribution in [2.75, 3.05) is 39.9 Å². The number of nitrogens with one attached hydrogen (secondary N) is 2. The predicted octanol–water partition coefficient (Wildman–Crippen LogP) is 4.98. The first kappa shape index (κ1) is 27.6. The molecule has 3 unspecified atom stereocenters. The summed E-state index contributed by atoms with van der Waals surface area (Å²) in [6, 6.07) is 12.8. The molecule has 37 heavy (non-hydrogen) atoms. The molecule has 2 amide bonds. The number of hydrogen-bond donors (Lipinski definition) is 3. The van der Waals surface area contributed by atoms with Crippen LogP contribution in [-0.4, -0.2) is 62.0 Å². The van der Waals surface area contributed by atoms with E-state index in [1.807, 2.05) is 42.2 Å². The number of nitrogens with zero attached hydrogens (tertiary/aromatic N) is 1. The zero-order valence-electron chi connectivity index (χ0n) is 22.3. The Kier molecular flexibility index (Phi) is 9.57. The van der Waals surface area contributed by atoms with Gasteiger partial charge >= 0.3 is 6.03 Å². The molecule has 2 heterocycles. The highest BCUT2D eigenvalue weighted by Crippen LogP contribution is 2.46. The van der Waals surface area contributed by atoms with E-state index in [4.69, 9.17) is 4.74 Å². The molecule has 2 fully saturated rings. The van der Waals surface area contributed by atoms with Crippen LogP contribution >= 0.6 is 0 Å². The lowest BCUT2D eigenvalue weighted by atomic mass is 9.70. The van der Waals surface area contributed by atoms with Crippen LogP contribution in [0.3, 0.4) is 0 Å². The van der Waals surface area contributed by atoms with E-state index in [2.05, 4.69) is 10.6 Å². The summed E-state index contributed by atoms with van der Waals surface area (Å²) >= 11 is 0. The normalized spacial score (nSPS) is 21.9. The number of hydrogen-bond acceptors (Lipinski definition) is 4. The van der Waals surface area contributed by atoms with Crippen LogP contribution in [0.15, 0.2) is 42.5 Å². The smallest absolute Gasteiger partial charge is 0.317 e. The Morgan fingerprint density at radius 1 is 1.19 bits per heavy atom. The Balaban J connectivity index is 1.66. The summed E-state index contributed by atoms with van der Waals surface area (Å²) in [6.45, 7) is 5.44. The van der Waals surface area contributed by atoms with Crippen LogP contribution in [0, 0.1) is 18.7 Å². The Labute approximate surface area is 220 Å². The van der Waals surface area contributed by atoms with Gasteiger partial charge in [-0.3, -0.25) is 0 Å². The second kappa shape index (κ2) is 12.9. The maximum atomic E-state index is 15.5. The van der Waals surface area contributed by atoms with Crippen LogP contribution in [0.2, 0.25) is 0 Å². The molecule has 6 nitrogen and oxygen atoms in total. The van der Waals surface area contributed by atoms with Crippen LogP contribution < -0.4 is 10.6 Å². The Morgan fingerprint density at radius 2 is 2.00 bits per heavy atom. The monoisotopic (exact) mass is 511 g/mol. The first-order valence-electron chi connectivity index (χ1n) is 13.8. The minimum atomic E-state index is -1.28. The van der Waals surface area contributed by atoms with E-state index in [-0.39, 0.29) is 23.8 Å². The maximum absolute atomic E-state index is 15.5. The van der Waals surface area contributed by atoms with Gasteiger partial charge in [0.15, 0.2) is 0 Å². The number of unbranched alkanes of at least 4 members (excludes halogenated alkanes) is 1. The number of rotatable bonds is 9. The van der Waals surface area contributed by atoms with Crippen molar-refractivity contribution in [2.45, 2.75) is 63.5 Å². The average Bonchev–Trinajstić information content (AvgIpc) is 2.93. The van der Waals surface area contributed by atoms with Crippen LogP contribution in [0.4, 0.5) is 9.18 Å². The van der Waals surface area contributed by atoms with Gasteiger partial charge in [0, 0.05) is 50.9 Å². The van der Waals surface area contributed by atoms with Crippen molar-refractivity contribution in [2.24, 2.45) is 5.92 Å². The van der Waals surface area contributed by atoms with E-state index in [9.17, 15) is 9.90 Å². The maximum Gasteiger partial charge on any atom is 0.317 e. The molecule has 3 atom stereocenters. The number of amides is 2. The van der Waals surface area contributed by atoms with Gasteiger partial charge in [-0.25, -0.2) is 9.18 Å². The molecule has 0 saturated carbocycles. The number of halogens is 1. The summed E-state index contributed by atoms with van der Waals surface area (Å²) in [7, 11) is 1.68. The molecule has 0 radical (unpaired) electrons. The molecule has 2 aromatic rings. The van der Waals surface area contributed by atoms with Gasteiger partial charge in [0.05, 0.1) is 5.60 Å². The van der Waals surface area contributed by atoms with Crippen molar-refractivity contribution in [1.82, 2.24) is 15.5 Å². The fraction of sp³-hybridized carbons (Fsp3) is 0.567. The summed E-state index contributed by atoms with van der Waals surface area (Å²) in [6.07, 6.45) is 5.63. The van der Waals surface area contributed by atoms with Crippen molar-refractivity contribution >= 4 is 6.03 Å². The van der Waals surface area contributed by atoms with E-state index >= 15 is 4.39 Å². The van der Waals surface area contributed by atoms with Crippen molar-refractivity contribution < 1.29 is 19.0 Å². The fourth-order valence-electron chi connectivity index (χ4n) is 6.09. The molecule has 7 heteroatoms. The fourth-order valence-corrected chi connectivity index (χ4v) is 6.09. The second-order valence-corrected chi connectivity index (χ2v) is 10.6. The standard InChI is InChI=1S/C30H42FN3O3/c1-22-14-15-26(31)27(23-10-4-3-5-11-23)28(22)30(36,16-6-7-19-37-2)24-12-9-18-34(21-24)29(35)33-25-13-8-17-32-20-25/h3-5,10-11,14-15,24-25,32,36H,6-9,12-13,16-21H2,1-2H3,(H,33,35). The number of urea groups is 1. The Bertz CT molecular complexity index is 1030. The number of carbonyl (C=O) groups excluding carboxylic acids is 1. The van der Waals surface area contributed by atoms with Crippen molar-refractivity contribution in [3.8, 4) is 11.1 Å². The molecule has 2 saturated heterocycles. The van der Waals surface area contributed by atoms with Crippen molar-refractivity contribution in [3.63, 3.8) is 0 Å². The quantitative estimate of drug-likeness (QED) is 0.415. The molecule has 2 aliphatic heterocycles. The van der Waals surface area contributed by atoms with Gasteiger partial charge < -0.3 is 25.4 Å². The number of carbonyl (C=O) groups is 1. The highest BCUT2D eigenvalue weighted by Gasteiger charge is 2.44. The lowest BCUT2D eigenvalue weighted by molar-refractivity contribution is -0.0565. The molecular weight excluding hydrogens is 469 g/mol. The van der Waals surface area contributed by atoms with E-state index in [1.54, 1.807) is 13.2 Å². The molecule has 3 N–H and O–H groups in total. The van der Waals surface area contributed by atoms with E-state index in [0.717, 1.165) is 62.7 Å². The number of aryl methyl sites for hydroxylation is 1. The SMILES string of the molecule is COCCCCC(O)(c1c(C)ccc(F)c1-c1ccccc1)C1CCCN(C(=O)NC2CCCNC2)C1. The van der Waals surface area contributed by atoms with E-state index in [0.29, 0.717) is 37.2 Å². The summed E-state index contributed by atoms with van der Waals surface area (Å²) in [5, 5.41) is 19.1. The summed E-state index contributed by atoms with van der Waals surface area (Å²) < 4.78 is 20.8. The molecule has 2 aromatic carbocycles. The molecule has 2 aliphatic rings. The Morgan fingerprint density at radius 3 is 2.73 bits per heavy atom. The highest BCUT2D eigenvalue weighted by molar-refractivity contribution is 5.75. The summed E-state index contributed by atoms with van der Waals surface area (Å²) in [5.41, 5.74) is 1.45. The van der Waals surface area contributed by atoms with Gasteiger partial charge in [-0.05, 0) is 81.2 Å². The number of ether oxygens (including phenoxy) is 1. The molecular formula is C30H42FN3O3. The van der Waals surface area contributed by atoms with E-state index < -0.39 is 5.60 Å². The topological polar surface area (TPSA) is 73.8 Å². The third kappa shape index (κ3) is 6.51. The summed E-state index contributed by atoms with van der Waals surface area (Å²) in [5.74, 6) is -0.542. The molecule has 0 aromatic heterocycles. The third-order valence-corrected chi connectivity index (χ3v) is 8.02. The molecule has 4 rings (SSSR count). The van der Waals surface area contributed by atoms with Crippen LogP contribution in [0.25, 0.3) is 11.1 Å². The highest BCUT2D eigenvalue weighted by atomic mass is 19.1. The molecule has 0 aliphatic carbocycles.